The maximum Gasteiger partial charge on any atom is 0.0727 e. The zero-order valence-electron chi connectivity index (χ0n) is 18.7. The lowest BCUT2D eigenvalue weighted by Gasteiger charge is -2.41. The van der Waals surface area contributed by atoms with Crippen molar-refractivity contribution >= 4 is 0 Å². The number of likely N-dealkylation sites (tertiary alicyclic amines) is 1. The molecule has 2 atom stereocenters. The van der Waals surface area contributed by atoms with Crippen molar-refractivity contribution in [3.8, 4) is 22.5 Å². The number of nitrogens with two attached hydrogens (primary N) is 1. The van der Waals surface area contributed by atoms with Gasteiger partial charge in [0.1, 0.15) is 0 Å². The Labute approximate surface area is 180 Å². The molecule has 0 saturated carbocycles. The summed E-state index contributed by atoms with van der Waals surface area (Å²) in [6.07, 6.45) is 3.27. The second-order valence-electron chi connectivity index (χ2n) is 9.01. The molecule has 4 heteroatoms. The van der Waals surface area contributed by atoms with Crippen molar-refractivity contribution in [1.29, 1.82) is 0 Å². The van der Waals surface area contributed by atoms with Crippen LogP contribution in [0.3, 0.4) is 0 Å². The highest BCUT2D eigenvalue weighted by atomic mass is 15.2. The van der Waals surface area contributed by atoms with Gasteiger partial charge in [0.15, 0.2) is 0 Å². The molecule has 158 valence electrons. The lowest BCUT2D eigenvalue weighted by Crippen LogP contribution is -2.51. The molecule has 0 bridgehead atoms. The first-order valence-electron chi connectivity index (χ1n) is 11.1. The van der Waals surface area contributed by atoms with Crippen LogP contribution in [-0.2, 0) is 6.42 Å². The largest absolute Gasteiger partial charge is 0.362 e. The van der Waals surface area contributed by atoms with Gasteiger partial charge in [-0.25, -0.2) is 4.98 Å². The molecule has 30 heavy (non-hydrogen) atoms. The van der Waals surface area contributed by atoms with Gasteiger partial charge in [0.2, 0.25) is 0 Å². The number of aromatic amines is 1. The monoisotopic (exact) mass is 402 g/mol. The SMILES string of the molecule is Cc1cc(-c2cccc(-c3ccc(CCN4C(C)CC(N)CC4C)cc3)n2)c(C)[nH]1. The van der Waals surface area contributed by atoms with Crippen molar-refractivity contribution in [2.24, 2.45) is 5.73 Å². The third-order valence-corrected chi connectivity index (χ3v) is 6.50. The third-order valence-electron chi connectivity index (χ3n) is 6.50. The average Bonchev–Trinajstić information content (AvgIpc) is 3.06. The predicted molar refractivity (Wildman–Crippen MR) is 125 cm³/mol. The minimum absolute atomic E-state index is 0.354. The third kappa shape index (κ3) is 4.50. The fraction of sp³-hybridized carbons (Fsp3) is 0.423. The summed E-state index contributed by atoms with van der Waals surface area (Å²) in [6, 6.07) is 18.8. The van der Waals surface area contributed by atoms with Crippen LogP contribution in [0, 0.1) is 13.8 Å². The van der Waals surface area contributed by atoms with E-state index in [1.54, 1.807) is 0 Å². The van der Waals surface area contributed by atoms with Gasteiger partial charge in [-0.3, -0.25) is 4.90 Å². The van der Waals surface area contributed by atoms with E-state index < -0.39 is 0 Å². The highest BCUT2D eigenvalue weighted by molar-refractivity contribution is 5.68. The van der Waals surface area contributed by atoms with Gasteiger partial charge < -0.3 is 10.7 Å². The highest BCUT2D eigenvalue weighted by Gasteiger charge is 2.28. The van der Waals surface area contributed by atoms with Gasteiger partial charge in [-0.15, -0.1) is 0 Å². The van der Waals surface area contributed by atoms with Gasteiger partial charge in [-0.1, -0.05) is 30.3 Å². The summed E-state index contributed by atoms with van der Waals surface area (Å²) in [4.78, 5) is 10.9. The van der Waals surface area contributed by atoms with Gasteiger partial charge in [-0.2, -0.15) is 0 Å². The number of hydrogen-bond donors (Lipinski definition) is 2. The van der Waals surface area contributed by atoms with Gasteiger partial charge >= 0.3 is 0 Å². The van der Waals surface area contributed by atoms with E-state index in [-0.39, 0.29) is 0 Å². The topological polar surface area (TPSA) is 57.9 Å². The molecule has 0 radical (unpaired) electrons. The Morgan fingerprint density at radius 1 is 1.00 bits per heavy atom. The number of nitrogens with zero attached hydrogens (tertiary/aromatic N) is 2. The van der Waals surface area contributed by atoms with E-state index in [2.05, 4.69) is 86.1 Å². The van der Waals surface area contributed by atoms with Gasteiger partial charge in [0.25, 0.3) is 0 Å². The second-order valence-corrected chi connectivity index (χ2v) is 9.01. The van der Waals surface area contributed by atoms with E-state index in [1.165, 1.54) is 16.8 Å². The van der Waals surface area contributed by atoms with E-state index in [4.69, 9.17) is 10.7 Å². The number of benzene rings is 1. The maximum absolute atomic E-state index is 6.18. The molecule has 1 aliphatic rings. The first-order chi connectivity index (χ1) is 14.4. The molecule has 4 rings (SSSR count). The van der Waals surface area contributed by atoms with Crippen LogP contribution in [-0.4, -0.2) is 39.5 Å². The molecule has 4 nitrogen and oxygen atoms in total. The van der Waals surface area contributed by atoms with Crippen LogP contribution in [0.1, 0.15) is 43.6 Å². The molecule has 3 heterocycles. The van der Waals surface area contributed by atoms with Crippen molar-refractivity contribution in [2.75, 3.05) is 6.54 Å². The number of piperidine rings is 1. The second kappa shape index (κ2) is 8.75. The van der Waals surface area contributed by atoms with E-state index >= 15 is 0 Å². The van der Waals surface area contributed by atoms with Gasteiger partial charge in [-0.05, 0) is 70.7 Å². The summed E-state index contributed by atoms with van der Waals surface area (Å²) in [5.41, 5.74) is 14.3. The Morgan fingerprint density at radius 3 is 2.30 bits per heavy atom. The van der Waals surface area contributed by atoms with Crippen LogP contribution in [0.5, 0.6) is 0 Å². The fourth-order valence-corrected chi connectivity index (χ4v) is 4.95. The summed E-state index contributed by atoms with van der Waals surface area (Å²) in [5.74, 6) is 0. The zero-order chi connectivity index (χ0) is 21.3. The molecular weight excluding hydrogens is 368 g/mol. The normalized spacial score (nSPS) is 22.4. The smallest absolute Gasteiger partial charge is 0.0727 e. The maximum atomic E-state index is 6.18. The van der Waals surface area contributed by atoms with Crippen LogP contribution in [0.4, 0.5) is 0 Å². The Bertz CT molecular complexity index is 977. The number of H-pyrrole nitrogens is 1. The van der Waals surface area contributed by atoms with E-state index in [1.807, 2.05) is 0 Å². The summed E-state index contributed by atoms with van der Waals surface area (Å²) >= 11 is 0. The molecule has 0 spiro atoms. The van der Waals surface area contributed by atoms with Crippen LogP contribution < -0.4 is 5.73 Å². The molecule has 0 aliphatic carbocycles. The number of nitrogens with one attached hydrogen (secondary N) is 1. The summed E-state index contributed by atoms with van der Waals surface area (Å²) < 4.78 is 0. The number of rotatable bonds is 5. The number of aryl methyl sites for hydroxylation is 2. The number of hydrogen-bond acceptors (Lipinski definition) is 3. The Kier molecular flexibility index (Phi) is 6.07. The minimum atomic E-state index is 0.354. The van der Waals surface area contributed by atoms with Crippen LogP contribution in [0.25, 0.3) is 22.5 Å². The van der Waals surface area contributed by atoms with E-state index in [0.29, 0.717) is 18.1 Å². The molecule has 3 N–H and O–H groups in total. The molecule has 1 aromatic carbocycles. The standard InChI is InChI=1S/C26H34N4/c1-17-14-24(20(4)28-17)26-7-5-6-25(29-26)22-10-8-21(9-11-22)12-13-30-18(2)15-23(27)16-19(30)3/h5-11,14,18-19,23,28H,12-13,15-16,27H2,1-4H3. The molecule has 1 aliphatic heterocycles. The van der Waals surface area contributed by atoms with Crippen molar-refractivity contribution in [2.45, 2.75) is 65.1 Å². The van der Waals surface area contributed by atoms with Crippen LogP contribution in [0.2, 0.25) is 0 Å². The summed E-state index contributed by atoms with van der Waals surface area (Å²) in [7, 11) is 0. The molecular formula is C26H34N4. The minimum Gasteiger partial charge on any atom is -0.362 e. The lowest BCUT2D eigenvalue weighted by atomic mass is 9.93. The van der Waals surface area contributed by atoms with Crippen molar-refractivity contribution in [1.82, 2.24) is 14.9 Å². The van der Waals surface area contributed by atoms with Gasteiger partial charge in [0, 0.05) is 47.2 Å². The number of pyridine rings is 1. The first-order valence-corrected chi connectivity index (χ1v) is 11.1. The molecule has 1 saturated heterocycles. The zero-order valence-corrected chi connectivity index (χ0v) is 18.7. The van der Waals surface area contributed by atoms with Crippen LogP contribution >= 0.6 is 0 Å². The molecule has 0 amide bonds. The van der Waals surface area contributed by atoms with Crippen molar-refractivity contribution in [3.63, 3.8) is 0 Å². The number of aromatic nitrogens is 2. The predicted octanol–water partition coefficient (Wildman–Crippen LogP) is 5.10. The molecule has 3 aromatic rings. The lowest BCUT2D eigenvalue weighted by molar-refractivity contribution is 0.0936. The quantitative estimate of drug-likeness (QED) is 0.624. The Morgan fingerprint density at radius 2 is 1.67 bits per heavy atom. The summed E-state index contributed by atoms with van der Waals surface area (Å²) in [6.45, 7) is 9.90. The Balaban J connectivity index is 1.45. The van der Waals surface area contributed by atoms with Crippen molar-refractivity contribution < 1.29 is 0 Å². The summed E-state index contributed by atoms with van der Waals surface area (Å²) in [5, 5.41) is 0. The molecule has 1 fully saturated rings. The van der Waals surface area contributed by atoms with Gasteiger partial charge in [0.05, 0.1) is 11.4 Å². The highest BCUT2D eigenvalue weighted by Crippen LogP contribution is 2.26. The first kappa shape index (κ1) is 20.8. The van der Waals surface area contributed by atoms with Crippen molar-refractivity contribution in [3.05, 3.63) is 65.5 Å². The van der Waals surface area contributed by atoms with E-state index in [0.717, 1.165) is 48.5 Å². The molecule has 2 aromatic heterocycles. The average molecular weight is 403 g/mol. The molecule has 2 unspecified atom stereocenters. The van der Waals surface area contributed by atoms with E-state index in [9.17, 15) is 0 Å². The Hall–Kier alpha value is -2.43. The fourth-order valence-electron chi connectivity index (χ4n) is 4.95. The van der Waals surface area contributed by atoms with Crippen LogP contribution in [0.15, 0.2) is 48.5 Å².